The Bertz CT molecular complexity index is 1120. The van der Waals surface area contributed by atoms with Gasteiger partial charge in [0, 0.05) is 25.2 Å². The number of hydrogen-bond acceptors (Lipinski definition) is 6. The van der Waals surface area contributed by atoms with Gasteiger partial charge in [-0.2, -0.15) is 4.31 Å². The maximum absolute atomic E-state index is 12.6. The van der Waals surface area contributed by atoms with Crippen LogP contribution in [0.5, 0.6) is 0 Å². The summed E-state index contributed by atoms with van der Waals surface area (Å²) >= 11 is 3.64. The summed E-state index contributed by atoms with van der Waals surface area (Å²) in [6.45, 7) is 2.53. The van der Waals surface area contributed by atoms with Gasteiger partial charge in [-0.25, -0.2) is 13.1 Å². The lowest BCUT2D eigenvalue weighted by atomic mass is 10.1. The quantitative estimate of drug-likeness (QED) is 0.641. The molecule has 1 N–H and O–H groups in total. The van der Waals surface area contributed by atoms with Crippen molar-refractivity contribution in [2.45, 2.75) is 25.2 Å². The fourth-order valence-corrected chi connectivity index (χ4v) is 5.57. The fourth-order valence-electron chi connectivity index (χ4n) is 4.52. The minimum atomic E-state index is -3.36. The van der Waals surface area contributed by atoms with Crippen molar-refractivity contribution < 1.29 is 13.1 Å². The second-order valence-corrected chi connectivity index (χ2v) is 9.75. The molecule has 2 atom stereocenters. The van der Waals surface area contributed by atoms with Crippen LogP contribution in [0.25, 0.3) is 11.3 Å². The molecule has 5 rings (SSSR count). The molecule has 1 saturated heterocycles. The zero-order valence-corrected chi connectivity index (χ0v) is 18.6. The van der Waals surface area contributed by atoms with E-state index in [1.807, 2.05) is 53.2 Å². The van der Waals surface area contributed by atoms with Gasteiger partial charge in [0.2, 0.25) is 10.0 Å². The molecule has 10 heteroatoms. The van der Waals surface area contributed by atoms with E-state index in [0.717, 1.165) is 30.0 Å². The smallest absolute Gasteiger partial charge is 0.211 e. The molecule has 0 spiro atoms. The summed E-state index contributed by atoms with van der Waals surface area (Å²) in [4.78, 5) is 2.31. The van der Waals surface area contributed by atoms with E-state index in [0.29, 0.717) is 13.1 Å². The number of sulfonamides is 1. The molecule has 2 unspecified atom stereocenters. The van der Waals surface area contributed by atoms with E-state index in [4.69, 9.17) is 4.66 Å². The van der Waals surface area contributed by atoms with Crippen molar-refractivity contribution in [3.63, 3.8) is 0 Å². The Morgan fingerprint density at radius 1 is 1.00 bits per heavy atom. The van der Waals surface area contributed by atoms with Crippen molar-refractivity contribution >= 4 is 21.9 Å². The van der Waals surface area contributed by atoms with E-state index in [-0.39, 0.29) is 12.1 Å². The highest BCUT2D eigenvalue weighted by Crippen LogP contribution is 2.37. The maximum Gasteiger partial charge on any atom is 0.211 e. The highest BCUT2D eigenvalue weighted by Gasteiger charge is 2.46. The van der Waals surface area contributed by atoms with Crippen LogP contribution in [-0.2, 0) is 23.1 Å². The van der Waals surface area contributed by atoms with Gasteiger partial charge in [0.1, 0.15) is 5.69 Å². The van der Waals surface area contributed by atoms with Crippen LogP contribution in [0.4, 0.5) is 0 Å². The number of hydrogen-bond donors (Lipinski definition) is 1. The third-order valence-corrected chi connectivity index (χ3v) is 7.09. The van der Waals surface area contributed by atoms with Gasteiger partial charge in [-0.1, -0.05) is 65.9 Å². The molecule has 0 aliphatic carbocycles. The first-order valence-corrected chi connectivity index (χ1v) is 12.1. The second kappa shape index (κ2) is 9.05. The molecule has 31 heavy (non-hydrogen) atoms. The minimum absolute atomic E-state index is 0.0397. The fraction of sp³-hybridized carbons (Fsp3) is 0.333. The number of nitrogens with zero attached hydrogens (tertiary/aromatic N) is 5. The predicted octanol–water partition coefficient (Wildman–Crippen LogP) is 2.28. The summed E-state index contributed by atoms with van der Waals surface area (Å²) in [5.41, 5.74) is 3.81. The van der Waals surface area contributed by atoms with Crippen LogP contribution in [-0.4, -0.2) is 62.7 Å². The maximum atomic E-state index is 12.6. The first kappa shape index (κ1) is 21.9. The molecule has 2 aliphatic heterocycles. The standard InChI is InChI=1S/C21H23N5O2S.ClHO/c1-29(27,28)25-15-20-21(17-10-6-3-7-11-17)22-23-26(20)19-14-24(13-18(19)25)12-16-8-4-2-5-9-16;1-2/h2-11,18-19H,12-15H2,1H3;2H. The van der Waals surface area contributed by atoms with Crippen LogP contribution in [0, 0.1) is 0 Å². The molecule has 0 saturated carbocycles. The molecule has 3 heterocycles. The summed E-state index contributed by atoms with van der Waals surface area (Å²) in [5.74, 6) is 0. The third-order valence-electron chi connectivity index (χ3n) is 5.84. The summed E-state index contributed by atoms with van der Waals surface area (Å²) in [7, 11) is -3.36. The van der Waals surface area contributed by atoms with E-state index in [1.165, 1.54) is 11.8 Å². The van der Waals surface area contributed by atoms with Crippen LogP contribution in [0.1, 0.15) is 17.3 Å². The van der Waals surface area contributed by atoms with Crippen LogP contribution in [0.3, 0.4) is 0 Å². The molecule has 2 aliphatic rings. The number of aromatic nitrogens is 3. The Hall–Kier alpha value is -2.30. The second-order valence-electron chi connectivity index (χ2n) is 7.82. The van der Waals surface area contributed by atoms with Crippen LogP contribution >= 0.6 is 11.9 Å². The number of fused-ring (bicyclic) bond motifs is 3. The lowest BCUT2D eigenvalue weighted by Gasteiger charge is -2.35. The Balaban J connectivity index is 0.00000112. The van der Waals surface area contributed by atoms with E-state index >= 15 is 0 Å². The van der Waals surface area contributed by atoms with E-state index in [2.05, 4.69) is 39.2 Å². The number of likely N-dealkylation sites (tertiary alicyclic amines) is 1. The van der Waals surface area contributed by atoms with E-state index in [9.17, 15) is 8.42 Å². The zero-order chi connectivity index (χ0) is 22.0. The first-order valence-electron chi connectivity index (χ1n) is 9.90. The molecule has 1 fully saturated rings. The lowest BCUT2D eigenvalue weighted by Crippen LogP contribution is -2.48. The van der Waals surface area contributed by atoms with Crippen molar-refractivity contribution in [1.29, 1.82) is 0 Å². The average molecular weight is 462 g/mol. The van der Waals surface area contributed by atoms with Crippen molar-refractivity contribution in [3.05, 3.63) is 71.9 Å². The summed E-state index contributed by atoms with van der Waals surface area (Å²) < 4.78 is 35.3. The van der Waals surface area contributed by atoms with Gasteiger partial charge >= 0.3 is 0 Å². The predicted molar refractivity (Wildman–Crippen MR) is 118 cm³/mol. The molecule has 0 radical (unpaired) electrons. The average Bonchev–Trinajstić information content (AvgIpc) is 3.39. The van der Waals surface area contributed by atoms with Crippen molar-refractivity contribution in [2.75, 3.05) is 19.3 Å². The summed E-state index contributed by atoms with van der Waals surface area (Å²) in [6.07, 6.45) is 1.30. The van der Waals surface area contributed by atoms with Crippen LogP contribution in [0.2, 0.25) is 0 Å². The molecule has 164 valence electrons. The summed E-state index contributed by atoms with van der Waals surface area (Å²) in [6, 6.07) is 19.9. The van der Waals surface area contributed by atoms with Gasteiger partial charge < -0.3 is 0 Å². The molecular weight excluding hydrogens is 438 g/mol. The van der Waals surface area contributed by atoms with Crippen molar-refractivity contribution in [2.24, 2.45) is 0 Å². The van der Waals surface area contributed by atoms with Gasteiger partial charge in [-0.15, -0.1) is 5.10 Å². The highest BCUT2D eigenvalue weighted by molar-refractivity contribution is 7.88. The van der Waals surface area contributed by atoms with Crippen LogP contribution in [0.15, 0.2) is 60.7 Å². The molecule has 0 bridgehead atoms. The number of benzene rings is 2. The number of halogens is 1. The Morgan fingerprint density at radius 3 is 2.26 bits per heavy atom. The Morgan fingerprint density at radius 2 is 1.61 bits per heavy atom. The Kier molecular flexibility index (Phi) is 6.40. The lowest BCUT2D eigenvalue weighted by molar-refractivity contribution is 0.216. The van der Waals surface area contributed by atoms with Gasteiger partial charge in [-0.3, -0.25) is 9.56 Å². The monoisotopic (exact) mass is 461 g/mol. The van der Waals surface area contributed by atoms with Gasteiger partial charge in [0.05, 0.1) is 42.4 Å². The van der Waals surface area contributed by atoms with Gasteiger partial charge in [-0.05, 0) is 5.56 Å². The molecule has 2 aromatic carbocycles. The largest absolute Gasteiger partial charge is 0.295 e. The molecule has 3 aromatic rings. The highest BCUT2D eigenvalue weighted by atomic mass is 35.5. The van der Waals surface area contributed by atoms with Gasteiger partial charge in [0.15, 0.2) is 0 Å². The topological polar surface area (TPSA) is 91.6 Å². The van der Waals surface area contributed by atoms with Crippen molar-refractivity contribution in [1.82, 2.24) is 24.2 Å². The van der Waals surface area contributed by atoms with E-state index in [1.54, 1.807) is 4.31 Å². The molecular formula is C21H24ClN5O3S. The molecule has 1 aromatic heterocycles. The third kappa shape index (κ3) is 4.37. The first-order chi connectivity index (χ1) is 15.0. The normalized spacial score (nSPS) is 21.1. The van der Waals surface area contributed by atoms with Crippen molar-refractivity contribution in [3.8, 4) is 11.3 Å². The zero-order valence-electron chi connectivity index (χ0n) is 17.0. The molecule has 0 amide bonds. The van der Waals surface area contributed by atoms with Crippen LogP contribution < -0.4 is 0 Å². The summed E-state index contributed by atoms with van der Waals surface area (Å²) in [5, 5.41) is 8.88. The van der Waals surface area contributed by atoms with Gasteiger partial charge in [0.25, 0.3) is 0 Å². The Labute approximate surface area is 186 Å². The minimum Gasteiger partial charge on any atom is -0.295 e. The SMILES string of the molecule is CS(=O)(=O)N1Cc2c(-c3ccccc3)nnn2C2CN(Cc3ccccc3)CC21.OCl. The van der Waals surface area contributed by atoms with E-state index < -0.39 is 10.0 Å². The number of rotatable bonds is 4. The molecule has 8 nitrogen and oxygen atoms in total.